The molecule has 6 nitrogen and oxygen atoms in total. The van der Waals surface area contributed by atoms with E-state index in [0.717, 1.165) is 4.47 Å². The van der Waals surface area contributed by atoms with Crippen molar-refractivity contribution in [2.75, 3.05) is 19.6 Å². The van der Waals surface area contributed by atoms with E-state index in [0.29, 0.717) is 31.5 Å². The summed E-state index contributed by atoms with van der Waals surface area (Å²) in [4.78, 5) is 38.0. The summed E-state index contributed by atoms with van der Waals surface area (Å²) in [7, 11) is 0. The van der Waals surface area contributed by atoms with Crippen molar-refractivity contribution in [3.63, 3.8) is 0 Å². The fraction of sp³-hybridized carbons (Fsp3) is 0.500. The number of benzene rings is 1. The molecule has 3 amide bonds. The Morgan fingerprint density at radius 2 is 1.92 bits per heavy atom. The molecule has 2 rings (SSSR count). The Hall–Kier alpha value is -1.89. The van der Waals surface area contributed by atoms with Crippen LogP contribution in [0.4, 0.5) is 0 Å². The monoisotopic (exact) mass is 409 g/mol. The molecule has 1 aromatic rings. The van der Waals surface area contributed by atoms with E-state index in [9.17, 15) is 14.4 Å². The van der Waals surface area contributed by atoms with E-state index in [1.54, 1.807) is 23.1 Å². The predicted molar refractivity (Wildman–Crippen MR) is 99.1 cm³/mol. The van der Waals surface area contributed by atoms with Crippen LogP contribution in [-0.4, -0.2) is 48.3 Å². The second-order valence-electron chi connectivity index (χ2n) is 6.51. The van der Waals surface area contributed by atoms with Crippen LogP contribution in [0.25, 0.3) is 0 Å². The number of piperidine rings is 1. The van der Waals surface area contributed by atoms with Gasteiger partial charge < -0.3 is 15.5 Å². The van der Waals surface area contributed by atoms with Gasteiger partial charge in [0.15, 0.2) is 0 Å². The molecule has 0 spiro atoms. The van der Waals surface area contributed by atoms with Gasteiger partial charge in [0.2, 0.25) is 11.8 Å². The van der Waals surface area contributed by atoms with Crippen LogP contribution in [0.1, 0.15) is 37.0 Å². The first-order valence-corrected chi connectivity index (χ1v) is 9.28. The van der Waals surface area contributed by atoms with E-state index in [1.165, 1.54) is 0 Å². The Balaban J connectivity index is 1.77. The minimum atomic E-state index is -0.277. The number of nitrogens with zero attached hydrogens (tertiary/aromatic N) is 1. The molecule has 0 atom stereocenters. The minimum absolute atomic E-state index is 0.0335. The van der Waals surface area contributed by atoms with Crippen molar-refractivity contribution >= 4 is 33.7 Å². The Kier molecular flexibility index (Phi) is 6.99. The molecule has 2 N–H and O–H groups in total. The van der Waals surface area contributed by atoms with Gasteiger partial charge in [-0.1, -0.05) is 22.0 Å². The predicted octanol–water partition coefficient (Wildman–Crippen LogP) is 1.94. The maximum atomic E-state index is 12.3. The smallest absolute Gasteiger partial charge is 0.251 e. The second kappa shape index (κ2) is 8.99. The summed E-state index contributed by atoms with van der Waals surface area (Å²) in [5.41, 5.74) is 0.506. The van der Waals surface area contributed by atoms with Crippen LogP contribution in [0, 0.1) is 5.92 Å². The average molecular weight is 410 g/mol. The maximum Gasteiger partial charge on any atom is 0.251 e. The van der Waals surface area contributed by atoms with E-state index in [4.69, 9.17) is 0 Å². The topological polar surface area (TPSA) is 78.5 Å². The molecular formula is C18H24BrN3O3. The SMILES string of the molecule is CC(C)NC(=O)C1CCN(C(=O)CNC(=O)c2cccc(Br)c2)CC1. The molecule has 7 heteroatoms. The third-order valence-electron chi connectivity index (χ3n) is 4.14. The number of carbonyl (C=O) groups excluding carboxylic acids is 3. The molecule has 25 heavy (non-hydrogen) atoms. The first-order valence-electron chi connectivity index (χ1n) is 8.48. The number of rotatable bonds is 5. The number of halogens is 1. The van der Waals surface area contributed by atoms with Gasteiger partial charge in [-0.05, 0) is 44.9 Å². The van der Waals surface area contributed by atoms with Crippen molar-refractivity contribution < 1.29 is 14.4 Å². The highest BCUT2D eigenvalue weighted by Crippen LogP contribution is 2.17. The normalized spacial score (nSPS) is 15.1. The van der Waals surface area contributed by atoms with Gasteiger partial charge in [0.25, 0.3) is 5.91 Å². The van der Waals surface area contributed by atoms with Crippen molar-refractivity contribution in [1.82, 2.24) is 15.5 Å². The summed E-state index contributed by atoms with van der Waals surface area (Å²) in [6.07, 6.45) is 1.31. The molecule has 1 aliphatic heterocycles. The Morgan fingerprint density at radius 1 is 1.24 bits per heavy atom. The molecule has 0 unspecified atom stereocenters. The van der Waals surface area contributed by atoms with Gasteiger partial charge in [-0.2, -0.15) is 0 Å². The zero-order valence-corrected chi connectivity index (χ0v) is 16.1. The quantitative estimate of drug-likeness (QED) is 0.779. The first-order chi connectivity index (χ1) is 11.9. The molecule has 1 fully saturated rings. The molecule has 1 heterocycles. The fourth-order valence-corrected chi connectivity index (χ4v) is 3.19. The number of hydrogen-bond acceptors (Lipinski definition) is 3. The largest absolute Gasteiger partial charge is 0.354 e. The summed E-state index contributed by atoms with van der Waals surface area (Å²) >= 11 is 3.32. The number of likely N-dealkylation sites (tertiary alicyclic amines) is 1. The summed E-state index contributed by atoms with van der Waals surface area (Å²) in [6, 6.07) is 7.14. The van der Waals surface area contributed by atoms with Gasteiger partial charge in [-0.15, -0.1) is 0 Å². The molecule has 1 saturated heterocycles. The van der Waals surface area contributed by atoms with Crippen molar-refractivity contribution in [3.8, 4) is 0 Å². The minimum Gasteiger partial charge on any atom is -0.354 e. The number of carbonyl (C=O) groups is 3. The van der Waals surface area contributed by atoms with Crippen LogP contribution in [-0.2, 0) is 9.59 Å². The zero-order chi connectivity index (χ0) is 18.4. The molecule has 0 saturated carbocycles. The van der Waals surface area contributed by atoms with Crippen LogP contribution < -0.4 is 10.6 Å². The van der Waals surface area contributed by atoms with Gasteiger partial charge in [-0.3, -0.25) is 14.4 Å². The van der Waals surface area contributed by atoms with Crippen molar-refractivity contribution in [3.05, 3.63) is 34.3 Å². The molecule has 0 bridgehead atoms. The third kappa shape index (κ3) is 5.85. The zero-order valence-electron chi connectivity index (χ0n) is 14.5. The molecule has 1 aromatic carbocycles. The molecule has 0 aliphatic carbocycles. The number of nitrogens with one attached hydrogen (secondary N) is 2. The van der Waals surface area contributed by atoms with Gasteiger partial charge >= 0.3 is 0 Å². The van der Waals surface area contributed by atoms with Gasteiger partial charge in [0.1, 0.15) is 0 Å². The molecule has 1 aliphatic rings. The Bertz CT molecular complexity index is 640. The lowest BCUT2D eigenvalue weighted by Gasteiger charge is -2.31. The third-order valence-corrected chi connectivity index (χ3v) is 4.63. The lowest BCUT2D eigenvalue weighted by Crippen LogP contribution is -2.47. The lowest BCUT2D eigenvalue weighted by molar-refractivity contribution is -0.135. The van der Waals surface area contributed by atoms with Crippen molar-refractivity contribution in [1.29, 1.82) is 0 Å². The molecule has 0 radical (unpaired) electrons. The van der Waals surface area contributed by atoms with Crippen LogP contribution in [0.15, 0.2) is 28.7 Å². The van der Waals surface area contributed by atoms with Gasteiger partial charge in [-0.25, -0.2) is 0 Å². The van der Waals surface area contributed by atoms with Crippen LogP contribution in [0.5, 0.6) is 0 Å². The van der Waals surface area contributed by atoms with E-state index < -0.39 is 0 Å². The summed E-state index contributed by atoms with van der Waals surface area (Å²) in [6.45, 7) is 4.92. The van der Waals surface area contributed by atoms with E-state index in [-0.39, 0.29) is 36.2 Å². The van der Waals surface area contributed by atoms with Crippen LogP contribution in [0.2, 0.25) is 0 Å². The summed E-state index contributed by atoms with van der Waals surface area (Å²) in [5, 5.41) is 5.57. The molecular weight excluding hydrogens is 386 g/mol. The highest BCUT2D eigenvalue weighted by molar-refractivity contribution is 9.10. The van der Waals surface area contributed by atoms with E-state index in [2.05, 4.69) is 26.6 Å². The number of amides is 3. The summed E-state index contributed by atoms with van der Waals surface area (Å²) in [5.74, 6) is -0.375. The van der Waals surface area contributed by atoms with Gasteiger partial charge in [0.05, 0.1) is 6.54 Å². The average Bonchev–Trinajstić information content (AvgIpc) is 2.59. The molecule has 136 valence electrons. The van der Waals surface area contributed by atoms with E-state index in [1.807, 2.05) is 19.9 Å². The van der Waals surface area contributed by atoms with Crippen molar-refractivity contribution in [2.24, 2.45) is 5.92 Å². The Labute approximate surface area is 156 Å². The standard InChI is InChI=1S/C18H24BrN3O3/c1-12(2)21-18(25)13-6-8-22(9-7-13)16(23)11-20-17(24)14-4-3-5-15(19)10-14/h3-5,10,12-13H,6-9,11H2,1-2H3,(H,20,24)(H,21,25). The summed E-state index contributed by atoms with van der Waals surface area (Å²) < 4.78 is 0.813. The maximum absolute atomic E-state index is 12.3. The first kappa shape index (κ1) is 19.4. The van der Waals surface area contributed by atoms with Gasteiger partial charge in [0, 0.05) is 35.1 Å². The van der Waals surface area contributed by atoms with Crippen LogP contribution in [0.3, 0.4) is 0 Å². The number of hydrogen-bond donors (Lipinski definition) is 2. The lowest BCUT2D eigenvalue weighted by atomic mass is 9.95. The highest BCUT2D eigenvalue weighted by Gasteiger charge is 2.27. The van der Waals surface area contributed by atoms with Crippen molar-refractivity contribution in [2.45, 2.75) is 32.7 Å². The van der Waals surface area contributed by atoms with E-state index >= 15 is 0 Å². The second-order valence-corrected chi connectivity index (χ2v) is 7.43. The highest BCUT2D eigenvalue weighted by atomic mass is 79.9. The Morgan fingerprint density at radius 3 is 2.52 bits per heavy atom. The fourth-order valence-electron chi connectivity index (χ4n) is 2.79. The molecule has 0 aromatic heterocycles. The van der Waals surface area contributed by atoms with Crippen LogP contribution >= 0.6 is 15.9 Å².